The Morgan fingerprint density at radius 2 is 1.81 bits per heavy atom. The molecule has 3 amide bonds. The van der Waals surface area contributed by atoms with Crippen LogP contribution in [-0.4, -0.2) is 46.5 Å². The molecule has 7 nitrogen and oxygen atoms in total. The van der Waals surface area contributed by atoms with Crippen LogP contribution in [0.2, 0.25) is 0 Å². The van der Waals surface area contributed by atoms with E-state index in [-0.39, 0.29) is 48.1 Å². The van der Waals surface area contributed by atoms with E-state index >= 15 is 0 Å². The summed E-state index contributed by atoms with van der Waals surface area (Å²) in [4.78, 5) is 40.4. The standard InChI is InChI=1S/C25H22F5N3O4/c26-15-5-1-13(2-6-15)11-32(21(14-3-4-14)25(28,29)30)19(34)12-33-22(35)24(37-23(33)36)10-9-16-17(24)7-8-18(31)20(16)27/h1-2,5-8,14,21H,3-4,9-12,31H2/t21-,24?/m0/s1. The Balaban J connectivity index is 1.43. The predicted molar refractivity (Wildman–Crippen MR) is 119 cm³/mol. The molecule has 2 aromatic carbocycles. The zero-order valence-corrected chi connectivity index (χ0v) is 19.4. The predicted octanol–water partition coefficient (Wildman–Crippen LogP) is 4.04. The van der Waals surface area contributed by atoms with Gasteiger partial charge in [0.2, 0.25) is 11.5 Å². The molecule has 2 atom stereocenters. The monoisotopic (exact) mass is 523 g/mol. The van der Waals surface area contributed by atoms with Gasteiger partial charge in [-0.05, 0) is 54.5 Å². The molecule has 1 saturated carbocycles. The van der Waals surface area contributed by atoms with Crippen molar-refractivity contribution in [2.45, 2.75) is 50.0 Å². The molecule has 1 heterocycles. The summed E-state index contributed by atoms with van der Waals surface area (Å²) < 4.78 is 75.4. The molecule has 0 radical (unpaired) electrons. The molecule has 2 fully saturated rings. The molecule has 0 bridgehead atoms. The van der Waals surface area contributed by atoms with Crippen LogP contribution in [0.5, 0.6) is 0 Å². The van der Waals surface area contributed by atoms with Crippen LogP contribution in [0.3, 0.4) is 0 Å². The third-order valence-electron chi connectivity index (χ3n) is 7.13. The Morgan fingerprint density at radius 3 is 2.43 bits per heavy atom. The van der Waals surface area contributed by atoms with Crippen LogP contribution in [0, 0.1) is 17.6 Å². The number of fused-ring (bicyclic) bond motifs is 2. The number of rotatable bonds is 6. The smallest absolute Gasteiger partial charge is 0.418 e. The average Bonchev–Trinajstić information content (AvgIpc) is 3.54. The molecule has 196 valence electrons. The second-order valence-corrected chi connectivity index (χ2v) is 9.55. The van der Waals surface area contributed by atoms with E-state index in [9.17, 15) is 36.3 Å². The second-order valence-electron chi connectivity index (χ2n) is 9.55. The molecule has 2 N–H and O–H groups in total. The van der Waals surface area contributed by atoms with Gasteiger partial charge in [0.05, 0.1) is 5.69 Å². The molecule has 3 aliphatic rings. The fourth-order valence-electron chi connectivity index (χ4n) is 5.18. The van der Waals surface area contributed by atoms with Crippen molar-refractivity contribution in [1.82, 2.24) is 9.80 Å². The summed E-state index contributed by atoms with van der Waals surface area (Å²) in [5.41, 5.74) is 4.03. The van der Waals surface area contributed by atoms with Crippen LogP contribution in [0.4, 0.5) is 32.4 Å². The zero-order valence-electron chi connectivity index (χ0n) is 19.4. The number of nitrogens with zero attached hydrogens (tertiary/aromatic N) is 2. The Bertz CT molecular complexity index is 1280. The summed E-state index contributed by atoms with van der Waals surface area (Å²) >= 11 is 0. The summed E-state index contributed by atoms with van der Waals surface area (Å²) in [6, 6.07) is 5.09. The van der Waals surface area contributed by atoms with E-state index in [1.165, 1.54) is 24.3 Å². The van der Waals surface area contributed by atoms with Gasteiger partial charge >= 0.3 is 12.3 Å². The molecule has 1 aliphatic heterocycles. The number of carbonyl (C=O) groups is 3. The maximum Gasteiger partial charge on any atom is 0.418 e. The highest BCUT2D eigenvalue weighted by atomic mass is 19.4. The molecule has 2 aliphatic carbocycles. The number of ether oxygens (including phenoxy) is 1. The number of benzene rings is 2. The number of hydrogen-bond acceptors (Lipinski definition) is 5. The average molecular weight is 523 g/mol. The van der Waals surface area contributed by atoms with Crippen molar-refractivity contribution in [2.24, 2.45) is 5.92 Å². The van der Waals surface area contributed by atoms with Crippen LogP contribution < -0.4 is 5.73 Å². The van der Waals surface area contributed by atoms with Gasteiger partial charge in [0.15, 0.2) is 0 Å². The normalized spacial score (nSPS) is 21.8. The second kappa shape index (κ2) is 8.70. The molecule has 1 spiro atoms. The number of hydrogen-bond donors (Lipinski definition) is 1. The minimum absolute atomic E-state index is 0.0432. The van der Waals surface area contributed by atoms with E-state index in [1.54, 1.807) is 0 Å². The molecule has 2 aromatic rings. The van der Waals surface area contributed by atoms with E-state index in [0.717, 1.165) is 12.1 Å². The molecule has 5 rings (SSSR count). The SMILES string of the molecule is Nc1ccc2c(c1F)CCC21OC(=O)N(CC(=O)N(Cc2ccc(F)cc2)[C@@H](C2CC2)C(F)(F)F)C1=O. The first kappa shape index (κ1) is 25.0. The fraction of sp³-hybridized carbons (Fsp3) is 0.400. The van der Waals surface area contributed by atoms with Crippen LogP contribution in [-0.2, 0) is 32.9 Å². The lowest BCUT2D eigenvalue weighted by Crippen LogP contribution is -2.53. The molecule has 0 aromatic heterocycles. The van der Waals surface area contributed by atoms with Gasteiger partial charge in [-0.2, -0.15) is 13.2 Å². The van der Waals surface area contributed by atoms with Gasteiger partial charge in [-0.1, -0.05) is 18.2 Å². The zero-order chi connectivity index (χ0) is 26.7. The Hall–Kier alpha value is -3.70. The van der Waals surface area contributed by atoms with Crippen LogP contribution in [0.1, 0.15) is 36.0 Å². The highest BCUT2D eigenvalue weighted by Crippen LogP contribution is 2.47. The number of anilines is 1. The highest BCUT2D eigenvalue weighted by molar-refractivity contribution is 6.06. The lowest BCUT2D eigenvalue weighted by Gasteiger charge is -2.34. The highest BCUT2D eigenvalue weighted by Gasteiger charge is 2.60. The lowest BCUT2D eigenvalue weighted by molar-refractivity contribution is -0.196. The topological polar surface area (TPSA) is 92.9 Å². The quantitative estimate of drug-likeness (QED) is 0.456. The van der Waals surface area contributed by atoms with Crippen molar-refractivity contribution in [3.63, 3.8) is 0 Å². The Kier molecular flexibility index (Phi) is 5.87. The number of nitrogens with two attached hydrogens (primary N) is 1. The number of alkyl halides is 3. The van der Waals surface area contributed by atoms with E-state index in [1.807, 2.05) is 0 Å². The lowest BCUT2D eigenvalue weighted by atomic mass is 9.94. The third-order valence-corrected chi connectivity index (χ3v) is 7.13. The van der Waals surface area contributed by atoms with Crippen LogP contribution in [0.15, 0.2) is 36.4 Å². The van der Waals surface area contributed by atoms with Gasteiger partial charge in [-0.15, -0.1) is 0 Å². The van der Waals surface area contributed by atoms with Gasteiger partial charge in [-0.3, -0.25) is 9.59 Å². The summed E-state index contributed by atoms with van der Waals surface area (Å²) in [7, 11) is 0. The van der Waals surface area contributed by atoms with E-state index in [4.69, 9.17) is 10.5 Å². The molecule has 1 saturated heterocycles. The fourth-order valence-corrected chi connectivity index (χ4v) is 5.18. The number of halogens is 5. The first-order valence-corrected chi connectivity index (χ1v) is 11.7. The van der Waals surface area contributed by atoms with E-state index in [0.29, 0.717) is 9.80 Å². The van der Waals surface area contributed by atoms with Gasteiger partial charge in [0.1, 0.15) is 24.2 Å². The third kappa shape index (κ3) is 4.27. The van der Waals surface area contributed by atoms with Crippen molar-refractivity contribution >= 4 is 23.6 Å². The largest absolute Gasteiger partial charge is 0.427 e. The van der Waals surface area contributed by atoms with E-state index in [2.05, 4.69) is 0 Å². The minimum atomic E-state index is -4.77. The molecule has 1 unspecified atom stereocenters. The minimum Gasteiger partial charge on any atom is -0.427 e. The van der Waals surface area contributed by atoms with Gasteiger partial charge < -0.3 is 15.4 Å². The van der Waals surface area contributed by atoms with Crippen LogP contribution in [0.25, 0.3) is 0 Å². The van der Waals surface area contributed by atoms with Gasteiger partial charge in [-0.25, -0.2) is 18.5 Å². The Morgan fingerprint density at radius 1 is 1.14 bits per heavy atom. The number of nitrogen functional groups attached to an aromatic ring is 1. The van der Waals surface area contributed by atoms with Gasteiger partial charge in [0.25, 0.3) is 5.91 Å². The number of carbonyl (C=O) groups excluding carboxylic acids is 3. The summed E-state index contributed by atoms with van der Waals surface area (Å²) in [5, 5.41) is 0. The molecule has 12 heteroatoms. The van der Waals surface area contributed by atoms with E-state index < -0.39 is 66.4 Å². The van der Waals surface area contributed by atoms with Crippen molar-refractivity contribution in [3.8, 4) is 0 Å². The summed E-state index contributed by atoms with van der Waals surface area (Å²) in [6.45, 7) is -1.50. The molecular weight excluding hydrogens is 501 g/mol. The Labute approximate surface area is 208 Å². The molecular formula is C25H22F5N3O4. The van der Waals surface area contributed by atoms with Gasteiger partial charge in [0, 0.05) is 18.5 Å². The molecule has 37 heavy (non-hydrogen) atoms. The summed E-state index contributed by atoms with van der Waals surface area (Å²) in [6.07, 6.45) is -5.51. The maximum absolute atomic E-state index is 14.5. The van der Waals surface area contributed by atoms with Crippen molar-refractivity contribution in [1.29, 1.82) is 0 Å². The first-order chi connectivity index (χ1) is 17.4. The number of imide groups is 1. The van der Waals surface area contributed by atoms with Crippen LogP contribution >= 0.6 is 0 Å². The van der Waals surface area contributed by atoms with Crippen molar-refractivity contribution in [2.75, 3.05) is 12.3 Å². The maximum atomic E-state index is 14.5. The first-order valence-electron chi connectivity index (χ1n) is 11.7. The number of amides is 3. The van der Waals surface area contributed by atoms with Crippen molar-refractivity contribution in [3.05, 3.63) is 64.7 Å². The summed E-state index contributed by atoms with van der Waals surface area (Å²) in [5.74, 6) is -4.24. The van der Waals surface area contributed by atoms with Crippen molar-refractivity contribution < 1.29 is 41.1 Å².